The van der Waals surface area contributed by atoms with E-state index < -0.39 is 0 Å². The van der Waals surface area contributed by atoms with Crippen molar-refractivity contribution < 1.29 is 0 Å². The zero-order valence-corrected chi connectivity index (χ0v) is 8.20. The van der Waals surface area contributed by atoms with Crippen LogP contribution >= 0.6 is 11.3 Å². The van der Waals surface area contributed by atoms with Gasteiger partial charge >= 0.3 is 4.87 Å². The monoisotopic (exact) mass is 207 g/mol. The topological polar surface area (TPSA) is 60.9 Å². The SMILES string of the molecule is Nc1cc(Cn2ccsc2=O)ccn1. The van der Waals surface area contributed by atoms with Gasteiger partial charge in [-0.3, -0.25) is 4.79 Å². The van der Waals surface area contributed by atoms with Crippen molar-refractivity contribution in [2.75, 3.05) is 5.73 Å². The number of nitrogens with two attached hydrogens (primary N) is 1. The van der Waals surface area contributed by atoms with E-state index >= 15 is 0 Å². The maximum Gasteiger partial charge on any atom is 0.307 e. The Hall–Kier alpha value is -1.62. The van der Waals surface area contributed by atoms with Gasteiger partial charge in [0, 0.05) is 17.8 Å². The van der Waals surface area contributed by atoms with Crippen LogP contribution in [0.5, 0.6) is 0 Å². The minimum Gasteiger partial charge on any atom is -0.384 e. The van der Waals surface area contributed by atoms with Crippen molar-refractivity contribution in [3.05, 3.63) is 45.1 Å². The first-order chi connectivity index (χ1) is 6.75. The Morgan fingerprint density at radius 1 is 1.57 bits per heavy atom. The van der Waals surface area contributed by atoms with Crippen LogP contribution in [0.4, 0.5) is 5.82 Å². The molecule has 0 saturated heterocycles. The molecule has 0 unspecified atom stereocenters. The lowest BCUT2D eigenvalue weighted by molar-refractivity contribution is 0.783. The van der Waals surface area contributed by atoms with Gasteiger partial charge in [0.15, 0.2) is 0 Å². The standard InChI is InChI=1S/C9H9N3OS/c10-8-5-7(1-2-11-8)6-12-3-4-14-9(12)13/h1-5H,6H2,(H2,10,11). The summed E-state index contributed by atoms with van der Waals surface area (Å²) in [6.07, 6.45) is 3.41. The third-order valence-electron chi connectivity index (χ3n) is 1.84. The van der Waals surface area contributed by atoms with Crippen LogP contribution in [0.15, 0.2) is 34.7 Å². The molecule has 2 N–H and O–H groups in total. The van der Waals surface area contributed by atoms with Gasteiger partial charge in [0.1, 0.15) is 5.82 Å². The summed E-state index contributed by atoms with van der Waals surface area (Å²) in [7, 11) is 0. The Bertz CT molecular complexity index is 489. The highest BCUT2D eigenvalue weighted by Crippen LogP contribution is 2.04. The minimum atomic E-state index is 0.0420. The van der Waals surface area contributed by atoms with Crippen molar-refractivity contribution in [2.45, 2.75) is 6.54 Å². The smallest absolute Gasteiger partial charge is 0.307 e. The second-order valence-corrected chi connectivity index (χ2v) is 3.74. The molecule has 0 fully saturated rings. The third kappa shape index (κ3) is 1.82. The summed E-state index contributed by atoms with van der Waals surface area (Å²) < 4.78 is 1.64. The number of thiazole rings is 1. The summed E-state index contributed by atoms with van der Waals surface area (Å²) >= 11 is 1.19. The van der Waals surface area contributed by atoms with E-state index in [1.807, 2.05) is 6.07 Å². The van der Waals surface area contributed by atoms with Crippen LogP contribution < -0.4 is 10.6 Å². The van der Waals surface area contributed by atoms with Crippen molar-refractivity contribution in [1.82, 2.24) is 9.55 Å². The first kappa shape index (κ1) is 8.96. The summed E-state index contributed by atoms with van der Waals surface area (Å²) in [6.45, 7) is 0.551. The van der Waals surface area contributed by atoms with Gasteiger partial charge in [-0.2, -0.15) is 0 Å². The van der Waals surface area contributed by atoms with Crippen molar-refractivity contribution in [3.63, 3.8) is 0 Å². The van der Waals surface area contributed by atoms with Crippen molar-refractivity contribution in [2.24, 2.45) is 0 Å². The molecule has 0 aliphatic rings. The van der Waals surface area contributed by atoms with E-state index in [2.05, 4.69) is 4.98 Å². The molecule has 0 bridgehead atoms. The number of nitrogen functional groups attached to an aromatic ring is 1. The largest absolute Gasteiger partial charge is 0.384 e. The second kappa shape index (κ2) is 3.63. The Morgan fingerprint density at radius 2 is 2.43 bits per heavy atom. The molecule has 0 aliphatic heterocycles. The van der Waals surface area contributed by atoms with Crippen LogP contribution in [0.1, 0.15) is 5.56 Å². The van der Waals surface area contributed by atoms with E-state index in [4.69, 9.17) is 5.73 Å². The van der Waals surface area contributed by atoms with Gasteiger partial charge in [0.25, 0.3) is 0 Å². The van der Waals surface area contributed by atoms with Gasteiger partial charge in [-0.05, 0) is 17.7 Å². The lowest BCUT2D eigenvalue weighted by Crippen LogP contribution is -2.12. The van der Waals surface area contributed by atoms with Gasteiger partial charge in [-0.25, -0.2) is 4.98 Å². The van der Waals surface area contributed by atoms with Gasteiger partial charge in [-0.1, -0.05) is 11.3 Å². The van der Waals surface area contributed by atoms with Crippen LogP contribution in [-0.2, 0) is 6.54 Å². The van der Waals surface area contributed by atoms with E-state index in [1.54, 1.807) is 28.4 Å². The lowest BCUT2D eigenvalue weighted by atomic mass is 10.2. The molecular weight excluding hydrogens is 198 g/mol. The van der Waals surface area contributed by atoms with Crippen LogP contribution in [-0.4, -0.2) is 9.55 Å². The first-order valence-corrected chi connectivity index (χ1v) is 4.98. The number of rotatable bonds is 2. The first-order valence-electron chi connectivity index (χ1n) is 4.10. The molecule has 0 aromatic carbocycles. The molecule has 0 radical (unpaired) electrons. The fourth-order valence-electron chi connectivity index (χ4n) is 1.20. The van der Waals surface area contributed by atoms with Crippen molar-refractivity contribution in [1.29, 1.82) is 0 Å². The molecule has 72 valence electrons. The summed E-state index contributed by atoms with van der Waals surface area (Å²) in [5.41, 5.74) is 6.51. The molecule has 14 heavy (non-hydrogen) atoms. The molecule has 0 aliphatic carbocycles. The highest BCUT2D eigenvalue weighted by Gasteiger charge is 1.98. The van der Waals surface area contributed by atoms with E-state index in [0.29, 0.717) is 12.4 Å². The molecule has 4 nitrogen and oxygen atoms in total. The Kier molecular flexibility index (Phi) is 2.32. The average molecular weight is 207 g/mol. The van der Waals surface area contributed by atoms with Gasteiger partial charge < -0.3 is 10.3 Å². The van der Waals surface area contributed by atoms with E-state index in [0.717, 1.165) is 5.56 Å². The summed E-state index contributed by atoms with van der Waals surface area (Å²) in [5, 5.41) is 1.77. The average Bonchev–Trinajstić information content (AvgIpc) is 2.52. The molecule has 0 atom stereocenters. The Morgan fingerprint density at radius 3 is 3.07 bits per heavy atom. The van der Waals surface area contributed by atoms with E-state index in [9.17, 15) is 4.79 Å². The normalized spacial score (nSPS) is 10.3. The molecule has 2 aromatic rings. The van der Waals surface area contributed by atoms with Crippen molar-refractivity contribution >= 4 is 17.2 Å². The van der Waals surface area contributed by atoms with Gasteiger partial charge in [0.2, 0.25) is 0 Å². The van der Waals surface area contributed by atoms with E-state index in [-0.39, 0.29) is 4.87 Å². The predicted molar refractivity (Wildman–Crippen MR) is 56.3 cm³/mol. The maximum absolute atomic E-state index is 11.2. The Labute approximate surface area is 84.6 Å². The number of aromatic nitrogens is 2. The number of hydrogen-bond acceptors (Lipinski definition) is 4. The number of hydrogen-bond donors (Lipinski definition) is 1. The van der Waals surface area contributed by atoms with Crippen LogP contribution in [0, 0.1) is 0 Å². The maximum atomic E-state index is 11.2. The molecule has 0 saturated carbocycles. The molecule has 5 heteroatoms. The molecule has 0 spiro atoms. The zero-order valence-electron chi connectivity index (χ0n) is 7.38. The fourth-order valence-corrected chi connectivity index (χ4v) is 1.78. The fraction of sp³-hybridized carbons (Fsp3) is 0.111. The third-order valence-corrected chi connectivity index (χ3v) is 2.54. The minimum absolute atomic E-state index is 0.0420. The molecule has 2 rings (SSSR count). The van der Waals surface area contributed by atoms with Crippen LogP contribution in [0.3, 0.4) is 0 Å². The van der Waals surface area contributed by atoms with E-state index in [1.165, 1.54) is 11.3 Å². The lowest BCUT2D eigenvalue weighted by Gasteiger charge is -2.01. The van der Waals surface area contributed by atoms with Gasteiger partial charge in [0.05, 0.1) is 6.54 Å². The summed E-state index contributed by atoms with van der Waals surface area (Å²) in [5.74, 6) is 0.478. The predicted octanol–water partition coefficient (Wildman–Crippen LogP) is 0.935. The Balaban J connectivity index is 2.27. The van der Waals surface area contributed by atoms with Crippen molar-refractivity contribution in [3.8, 4) is 0 Å². The summed E-state index contributed by atoms with van der Waals surface area (Å²) in [4.78, 5) is 15.2. The zero-order chi connectivity index (χ0) is 9.97. The van der Waals surface area contributed by atoms with Crippen LogP contribution in [0.2, 0.25) is 0 Å². The van der Waals surface area contributed by atoms with Crippen LogP contribution in [0.25, 0.3) is 0 Å². The highest BCUT2D eigenvalue weighted by atomic mass is 32.1. The molecule has 0 amide bonds. The molecule has 2 aromatic heterocycles. The second-order valence-electron chi connectivity index (χ2n) is 2.89. The summed E-state index contributed by atoms with van der Waals surface area (Å²) in [6, 6.07) is 3.62. The highest BCUT2D eigenvalue weighted by molar-refractivity contribution is 7.07. The number of nitrogens with zero attached hydrogens (tertiary/aromatic N) is 2. The van der Waals surface area contributed by atoms with Gasteiger partial charge in [-0.15, -0.1) is 0 Å². The quantitative estimate of drug-likeness (QED) is 0.797. The molecular formula is C9H9N3OS. The molecule has 2 heterocycles. The number of anilines is 1. The number of pyridine rings is 1.